The molecule has 0 bridgehead atoms. The molecule has 1 N–H and O–H groups in total. The van der Waals surface area contributed by atoms with E-state index in [-0.39, 0.29) is 33.9 Å². The first kappa shape index (κ1) is 13.5. The molecule has 7 heteroatoms. The van der Waals surface area contributed by atoms with Crippen LogP contribution in [-0.2, 0) is 0 Å². The van der Waals surface area contributed by atoms with Crippen molar-refractivity contribution in [3.63, 3.8) is 0 Å². The van der Waals surface area contributed by atoms with Crippen LogP contribution in [0.4, 0.5) is 5.69 Å². The van der Waals surface area contributed by atoms with Crippen molar-refractivity contribution in [1.29, 1.82) is 0 Å². The number of aldehydes is 1. The first-order valence-electron chi connectivity index (χ1n) is 5.51. The molecule has 0 saturated heterocycles. The van der Waals surface area contributed by atoms with Gasteiger partial charge in [-0.05, 0) is 25.1 Å². The summed E-state index contributed by atoms with van der Waals surface area (Å²) >= 11 is 0. The number of nitro benzene ring substituents is 1. The van der Waals surface area contributed by atoms with Crippen LogP contribution >= 0.6 is 0 Å². The zero-order valence-corrected chi connectivity index (χ0v) is 10.3. The van der Waals surface area contributed by atoms with E-state index >= 15 is 0 Å². The van der Waals surface area contributed by atoms with Crippen molar-refractivity contribution in [2.24, 2.45) is 0 Å². The molecule has 0 radical (unpaired) electrons. The lowest BCUT2D eigenvalue weighted by atomic mass is 10.0. The number of furan rings is 1. The van der Waals surface area contributed by atoms with Crippen molar-refractivity contribution in [3.05, 3.63) is 51.3 Å². The molecule has 1 heterocycles. The van der Waals surface area contributed by atoms with E-state index in [9.17, 15) is 19.7 Å². The minimum atomic E-state index is -1.28. The quantitative estimate of drug-likeness (QED) is 0.521. The molecule has 0 spiro atoms. The Balaban J connectivity index is 2.70. The van der Waals surface area contributed by atoms with Crippen LogP contribution in [-0.4, -0.2) is 22.3 Å². The summed E-state index contributed by atoms with van der Waals surface area (Å²) in [6, 6.07) is 5.13. The van der Waals surface area contributed by atoms with Crippen molar-refractivity contribution >= 4 is 17.9 Å². The number of rotatable bonds is 4. The summed E-state index contributed by atoms with van der Waals surface area (Å²) in [5, 5.41) is 20.0. The number of hydrogen-bond acceptors (Lipinski definition) is 5. The van der Waals surface area contributed by atoms with Crippen molar-refractivity contribution < 1.29 is 24.0 Å². The minimum Gasteiger partial charge on any atom is -0.478 e. The van der Waals surface area contributed by atoms with Gasteiger partial charge in [-0.15, -0.1) is 0 Å². The van der Waals surface area contributed by atoms with Crippen molar-refractivity contribution in [2.75, 3.05) is 0 Å². The molecular formula is C13H9NO6. The third kappa shape index (κ3) is 2.28. The fourth-order valence-electron chi connectivity index (χ4n) is 1.83. The minimum absolute atomic E-state index is 0.0581. The van der Waals surface area contributed by atoms with Crippen molar-refractivity contribution in [3.8, 4) is 11.3 Å². The Labute approximate surface area is 112 Å². The molecule has 0 unspecified atom stereocenters. The molecule has 0 atom stereocenters. The summed E-state index contributed by atoms with van der Waals surface area (Å²) in [6.45, 7) is 1.49. The number of carboxylic acids is 1. The fraction of sp³-hybridized carbons (Fsp3) is 0.0769. The predicted octanol–water partition coefficient (Wildman–Crippen LogP) is 2.67. The molecule has 0 aliphatic rings. The van der Waals surface area contributed by atoms with Crippen molar-refractivity contribution in [2.45, 2.75) is 6.92 Å². The topological polar surface area (TPSA) is 111 Å². The molecule has 0 amide bonds. The lowest BCUT2D eigenvalue weighted by molar-refractivity contribution is -0.385. The Hall–Kier alpha value is -2.96. The van der Waals surface area contributed by atoms with Gasteiger partial charge in [0.25, 0.3) is 5.69 Å². The molecule has 2 rings (SSSR count). The zero-order valence-electron chi connectivity index (χ0n) is 10.3. The summed E-state index contributed by atoms with van der Waals surface area (Å²) in [7, 11) is 0. The molecule has 7 nitrogen and oxygen atoms in total. The van der Waals surface area contributed by atoms with Crippen LogP contribution in [0.3, 0.4) is 0 Å². The molecule has 0 fully saturated rings. The van der Waals surface area contributed by atoms with Gasteiger partial charge in [-0.3, -0.25) is 14.9 Å². The third-order valence-corrected chi connectivity index (χ3v) is 2.83. The Morgan fingerprint density at radius 2 is 2.10 bits per heavy atom. The summed E-state index contributed by atoms with van der Waals surface area (Å²) in [5.41, 5.74) is 0.00167. The summed E-state index contributed by atoms with van der Waals surface area (Å²) in [5.74, 6) is -1.02. The van der Waals surface area contributed by atoms with Gasteiger partial charge in [0.05, 0.1) is 10.5 Å². The third-order valence-electron chi connectivity index (χ3n) is 2.83. The van der Waals surface area contributed by atoms with Gasteiger partial charge in [0, 0.05) is 17.2 Å². The molecule has 20 heavy (non-hydrogen) atoms. The van der Waals surface area contributed by atoms with Gasteiger partial charge in [-0.25, -0.2) is 4.79 Å². The first-order chi connectivity index (χ1) is 9.43. The molecule has 2 aromatic rings. The standard InChI is InChI=1S/C13H9NO6/c1-7-10(12-3-2-9(6-15)20-12)4-8(13(16)17)5-11(7)14(18)19/h2-6H,1H3,(H,16,17). The number of aromatic carboxylic acids is 1. The lowest BCUT2D eigenvalue weighted by Gasteiger charge is -2.05. The number of nitro groups is 1. The SMILES string of the molecule is Cc1c(-c2ccc(C=O)o2)cc(C(=O)O)cc1[N+](=O)[O-]. The van der Waals surface area contributed by atoms with E-state index in [0.717, 1.165) is 6.07 Å². The maximum atomic E-state index is 11.0. The van der Waals surface area contributed by atoms with Crippen molar-refractivity contribution in [1.82, 2.24) is 0 Å². The van der Waals surface area contributed by atoms with Gasteiger partial charge >= 0.3 is 5.97 Å². The first-order valence-corrected chi connectivity index (χ1v) is 5.51. The average molecular weight is 275 g/mol. The highest BCUT2D eigenvalue weighted by Gasteiger charge is 2.21. The van der Waals surface area contributed by atoms with E-state index in [0.29, 0.717) is 6.29 Å². The summed E-state index contributed by atoms with van der Waals surface area (Å²) in [6.07, 6.45) is 0.494. The number of hydrogen-bond donors (Lipinski definition) is 1. The van der Waals surface area contributed by atoms with Gasteiger partial charge in [0.15, 0.2) is 12.0 Å². The van der Waals surface area contributed by atoms with Gasteiger partial charge in [-0.1, -0.05) is 0 Å². The molecule has 0 aliphatic carbocycles. The van der Waals surface area contributed by atoms with Gasteiger partial charge in [-0.2, -0.15) is 0 Å². The van der Waals surface area contributed by atoms with Crippen LogP contribution < -0.4 is 0 Å². The van der Waals surface area contributed by atoms with Crippen LogP contribution in [0.25, 0.3) is 11.3 Å². The molecular weight excluding hydrogens is 266 g/mol. The number of nitrogens with zero attached hydrogens (tertiary/aromatic N) is 1. The second kappa shape index (κ2) is 4.96. The Morgan fingerprint density at radius 3 is 2.60 bits per heavy atom. The van der Waals surface area contributed by atoms with E-state index in [4.69, 9.17) is 9.52 Å². The summed E-state index contributed by atoms with van der Waals surface area (Å²) in [4.78, 5) is 31.9. The van der Waals surface area contributed by atoms with Crippen LogP contribution in [0, 0.1) is 17.0 Å². The fourth-order valence-corrected chi connectivity index (χ4v) is 1.83. The molecule has 102 valence electrons. The second-order valence-corrected chi connectivity index (χ2v) is 4.05. The Bertz CT molecular complexity index is 716. The number of carbonyl (C=O) groups is 2. The molecule has 1 aromatic carbocycles. The van der Waals surface area contributed by atoms with Gasteiger partial charge < -0.3 is 9.52 Å². The van der Waals surface area contributed by atoms with E-state index in [2.05, 4.69) is 0 Å². The number of benzene rings is 1. The second-order valence-electron chi connectivity index (χ2n) is 4.05. The van der Waals surface area contributed by atoms with E-state index in [1.165, 1.54) is 25.1 Å². The molecule has 0 saturated carbocycles. The smallest absolute Gasteiger partial charge is 0.335 e. The van der Waals surface area contributed by atoms with Crippen LogP contribution in [0.5, 0.6) is 0 Å². The van der Waals surface area contributed by atoms with Crippen LogP contribution in [0.15, 0.2) is 28.7 Å². The molecule has 0 aliphatic heterocycles. The van der Waals surface area contributed by atoms with E-state index in [1.807, 2.05) is 0 Å². The highest BCUT2D eigenvalue weighted by Crippen LogP contribution is 2.32. The Morgan fingerprint density at radius 1 is 1.40 bits per heavy atom. The Kier molecular flexibility index (Phi) is 3.34. The highest BCUT2D eigenvalue weighted by atomic mass is 16.6. The van der Waals surface area contributed by atoms with E-state index in [1.54, 1.807) is 0 Å². The lowest BCUT2D eigenvalue weighted by Crippen LogP contribution is -2.01. The number of carbonyl (C=O) groups excluding carboxylic acids is 1. The maximum Gasteiger partial charge on any atom is 0.335 e. The monoisotopic (exact) mass is 275 g/mol. The van der Waals surface area contributed by atoms with Crippen LogP contribution in [0.2, 0.25) is 0 Å². The van der Waals surface area contributed by atoms with Crippen LogP contribution in [0.1, 0.15) is 26.5 Å². The summed E-state index contributed by atoms with van der Waals surface area (Å²) < 4.78 is 5.19. The van der Waals surface area contributed by atoms with Gasteiger partial charge in [0.2, 0.25) is 0 Å². The number of carboxylic acid groups (broad SMARTS) is 1. The zero-order chi connectivity index (χ0) is 14.9. The maximum absolute atomic E-state index is 11.0. The average Bonchev–Trinajstić information content (AvgIpc) is 2.86. The van der Waals surface area contributed by atoms with Gasteiger partial charge in [0.1, 0.15) is 5.76 Å². The largest absolute Gasteiger partial charge is 0.478 e. The predicted molar refractivity (Wildman–Crippen MR) is 67.9 cm³/mol. The highest BCUT2D eigenvalue weighted by molar-refractivity contribution is 5.91. The van der Waals surface area contributed by atoms with E-state index < -0.39 is 10.9 Å². The normalized spacial score (nSPS) is 10.2. The molecule has 1 aromatic heterocycles.